The first-order valence-electron chi connectivity index (χ1n) is 8.57. The van der Waals surface area contributed by atoms with E-state index in [-0.39, 0.29) is 5.60 Å². The van der Waals surface area contributed by atoms with Gasteiger partial charge in [0.25, 0.3) is 0 Å². The second kappa shape index (κ2) is 6.35. The molecule has 2 nitrogen and oxygen atoms in total. The van der Waals surface area contributed by atoms with E-state index in [2.05, 4.69) is 46.4 Å². The number of hydrogen-bond acceptors (Lipinski definition) is 2. The van der Waals surface area contributed by atoms with Crippen molar-refractivity contribution in [3.05, 3.63) is 70.8 Å². The zero-order chi connectivity index (χ0) is 17.3. The summed E-state index contributed by atoms with van der Waals surface area (Å²) in [5.74, 6) is 2.02. The van der Waals surface area contributed by atoms with Gasteiger partial charge in [0.15, 0.2) is 0 Å². The summed E-state index contributed by atoms with van der Waals surface area (Å²) in [4.78, 5) is 0. The number of hydrogen-bond donors (Lipinski definition) is 0. The van der Waals surface area contributed by atoms with Crippen molar-refractivity contribution < 1.29 is 9.47 Å². The summed E-state index contributed by atoms with van der Waals surface area (Å²) in [7, 11) is 0. The maximum atomic E-state index is 6.31. The molecule has 0 spiro atoms. The molecule has 0 aliphatic carbocycles. The Morgan fingerprint density at radius 3 is 2.50 bits per heavy atom. The van der Waals surface area contributed by atoms with Crippen LogP contribution in [0.3, 0.4) is 0 Å². The van der Waals surface area contributed by atoms with Crippen LogP contribution in [0, 0.1) is 20.8 Å². The fourth-order valence-electron chi connectivity index (χ4n) is 3.34. The van der Waals surface area contributed by atoms with E-state index in [0.717, 1.165) is 29.9 Å². The monoisotopic (exact) mass is 322 g/mol. The third-order valence-electron chi connectivity index (χ3n) is 5.18. The highest BCUT2D eigenvalue weighted by Crippen LogP contribution is 2.44. The summed E-state index contributed by atoms with van der Waals surface area (Å²) in [5.41, 5.74) is 5.72. The number of fused-ring (bicyclic) bond motifs is 1. The van der Waals surface area contributed by atoms with Crippen LogP contribution in [0.15, 0.2) is 43.0 Å². The fourth-order valence-corrected chi connectivity index (χ4v) is 3.34. The van der Waals surface area contributed by atoms with E-state index in [4.69, 9.17) is 9.47 Å². The van der Waals surface area contributed by atoms with Gasteiger partial charge < -0.3 is 9.47 Å². The Balaban J connectivity index is 1.95. The van der Waals surface area contributed by atoms with Crippen LogP contribution < -0.4 is 9.47 Å². The summed E-state index contributed by atoms with van der Waals surface area (Å²) in [6.45, 7) is 13.0. The molecule has 0 amide bonds. The Hall–Kier alpha value is -2.22. The van der Waals surface area contributed by atoms with Crippen LogP contribution in [0.5, 0.6) is 11.5 Å². The first-order chi connectivity index (χ1) is 11.4. The van der Waals surface area contributed by atoms with Crippen LogP contribution in [0.1, 0.15) is 41.2 Å². The van der Waals surface area contributed by atoms with Gasteiger partial charge in [-0.05, 0) is 68.9 Å². The van der Waals surface area contributed by atoms with Crippen molar-refractivity contribution in [1.29, 1.82) is 0 Å². The molecular weight excluding hydrogens is 296 g/mol. The molecule has 24 heavy (non-hydrogen) atoms. The van der Waals surface area contributed by atoms with Gasteiger partial charge in [0, 0.05) is 5.56 Å². The molecule has 2 heteroatoms. The maximum absolute atomic E-state index is 6.31. The molecule has 0 fully saturated rings. The Morgan fingerprint density at radius 2 is 1.83 bits per heavy atom. The average molecular weight is 322 g/mol. The third-order valence-corrected chi connectivity index (χ3v) is 5.18. The Labute approximate surface area is 145 Å². The second-order valence-corrected chi connectivity index (χ2v) is 6.90. The molecule has 2 aromatic rings. The van der Waals surface area contributed by atoms with Crippen LogP contribution in [-0.2, 0) is 13.0 Å². The number of ether oxygens (including phenoxy) is 2. The molecule has 0 saturated heterocycles. The predicted molar refractivity (Wildman–Crippen MR) is 99.0 cm³/mol. The fraction of sp³-hybridized carbons (Fsp3) is 0.364. The maximum Gasteiger partial charge on any atom is 0.127 e. The first-order valence-corrected chi connectivity index (χ1v) is 8.57. The Morgan fingerprint density at radius 1 is 1.12 bits per heavy atom. The van der Waals surface area contributed by atoms with Gasteiger partial charge in [0.05, 0.1) is 0 Å². The minimum absolute atomic E-state index is 0.275. The number of benzene rings is 2. The van der Waals surface area contributed by atoms with Crippen molar-refractivity contribution >= 4 is 0 Å². The lowest BCUT2D eigenvalue weighted by Gasteiger charge is -2.36. The normalized spacial score (nSPS) is 19.3. The summed E-state index contributed by atoms with van der Waals surface area (Å²) >= 11 is 0. The summed E-state index contributed by atoms with van der Waals surface area (Å²) in [6, 6.07) is 10.3. The quantitative estimate of drug-likeness (QED) is 0.696. The zero-order valence-corrected chi connectivity index (χ0v) is 15.1. The molecule has 2 aromatic carbocycles. The van der Waals surface area contributed by atoms with Gasteiger partial charge in [-0.15, -0.1) is 0 Å². The molecule has 3 rings (SSSR count). The molecule has 0 bridgehead atoms. The third kappa shape index (κ3) is 2.93. The van der Waals surface area contributed by atoms with E-state index in [1.54, 1.807) is 0 Å². The van der Waals surface area contributed by atoms with Gasteiger partial charge in [-0.25, -0.2) is 0 Å². The molecule has 1 aliphatic heterocycles. The molecule has 0 unspecified atom stereocenters. The predicted octanol–water partition coefficient (Wildman–Crippen LogP) is 5.46. The van der Waals surface area contributed by atoms with Crippen LogP contribution in [0.2, 0.25) is 0 Å². The average Bonchev–Trinajstić information content (AvgIpc) is 2.60. The van der Waals surface area contributed by atoms with E-state index < -0.39 is 0 Å². The highest BCUT2D eigenvalue weighted by Gasteiger charge is 2.32. The minimum atomic E-state index is -0.275. The van der Waals surface area contributed by atoms with Crippen molar-refractivity contribution in [2.45, 2.75) is 52.7 Å². The van der Waals surface area contributed by atoms with Crippen molar-refractivity contribution in [3.63, 3.8) is 0 Å². The van der Waals surface area contributed by atoms with E-state index in [1.807, 2.05) is 24.3 Å². The Kier molecular flexibility index (Phi) is 4.40. The van der Waals surface area contributed by atoms with Gasteiger partial charge in [-0.3, -0.25) is 0 Å². The van der Waals surface area contributed by atoms with E-state index in [1.165, 1.54) is 22.3 Å². The van der Waals surface area contributed by atoms with Crippen molar-refractivity contribution in [1.82, 2.24) is 0 Å². The van der Waals surface area contributed by atoms with Gasteiger partial charge in [0.2, 0.25) is 0 Å². The van der Waals surface area contributed by atoms with Crippen molar-refractivity contribution in [2.75, 3.05) is 0 Å². The van der Waals surface area contributed by atoms with Crippen molar-refractivity contribution in [3.8, 4) is 11.5 Å². The van der Waals surface area contributed by atoms with Crippen LogP contribution in [-0.4, -0.2) is 5.60 Å². The molecule has 1 aliphatic rings. The van der Waals surface area contributed by atoms with E-state index in [9.17, 15) is 0 Å². The smallest absolute Gasteiger partial charge is 0.127 e. The van der Waals surface area contributed by atoms with Gasteiger partial charge in [-0.2, -0.15) is 0 Å². The summed E-state index contributed by atoms with van der Waals surface area (Å²) in [6.07, 6.45) is 3.86. The standard InChI is InChI=1S/C22H26O2/c1-6-22(5)13-12-19-17(4)20(15(2)16(3)21(19)24-22)23-14-18-10-8-7-9-11-18/h6-11H,1,12-14H2,2-5H3/t22-/m0/s1. The highest BCUT2D eigenvalue weighted by molar-refractivity contribution is 5.59. The molecule has 0 N–H and O–H groups in total. The van der Waals surface area contributed by atoms with Gasteiger partial charge in [-0.1, -0.05) is 36.9 Å². The summed E-state index contributed by atoms with van der Waals surface area (Å²) < 4.78 is 12.5. The highest BCUT2D eigenvalue weighted by atomic mass is 16.5. The van der Waals surface area contributed by atoms with Crippen LogP contribution in [0.25, 0.3) is 0 Å². The molecular formula is C22H26O2. The molecule has 0 radical (unpaired) electrons. The molecule has 0 aromatic heterocycles. The van der Waals surface area contributed by atoms with E-state index >= 15 is 0 Å². The first kappa shape index (κ1) is 16.6. The topological polar surface area (TPSA) is 18.5 Å². The minimum Gasteiger partial charge on any atom is -0.488 e. The molecule has 1 atom stereocenters. The molecule has 0 saturated carbocycles. The summed E-state index contributed by atoms with van der Waals surface area (Å²) in [5, 5.41) is 0. The molecule has 126 valence electrons. The van der Waals surface area contributed by atoms with Gasteiger partial charge in [0.1, 0.15) is 23.7 Å². The Bertz CT molecular complexity index is 762. The SMILES string of the molecule is C=C[C@@]1(C)CCc2c(C)c(OCc3ccccc3)c(C)c(C)c2O1. The molecule has 1 heterocycles. The van der Waals surface area contributed by atoms with Crippen molar-refractivity contribution in [2.24, 2.45) is 0 Å². The number of rotatable bonds is 4. The van der Waals surface area contributed by atoms with Crippen LogP contribution in [0.4, 0.5) is 0 Å². The lowest BCUT2D eigenvalue weighted by atomic mass is 9.87. The zero-order valence-electron chi connectivity index (χ0n) is 15.1. The lowest BCUT2D eigenvalue weighted by Crippen LogP contribution is -2.34. The largest absolute Gasteiger partial charge is 0.488 e. The lowest BCUT2D eigenvalue weighted by molar-refractivity contribution is 0.113. The van der Waals surface area contributed by atoms with E-state index in [0.29, 0.717) is 6.61 Å². The van der Waals surface area contributed by atoms with Gasteiger partial charge >= 0.3 is 0 Å². The van der Waals surface area contributed by atoms with Crippen LogP contribution >= 0.6 is 0 Å². The second-order valence-electron chi connectivity index (χ2n) is 6.90.